The van der Waals surface area contributed by atoms with Gasteiger partial charge in [-0.05, 0) is 81.3 Å². The number of nitrogen functional groups attached to an aromatic ring is 1. The number of hydrogen-bond acceptors (Lipinski definition) is 7. The number of carbonyl (C=O) groups excluding carboxylic acids is 3. The van der Waals surface area contributed by atoms with E-state index in [9.17, 15) is 14.4 Å². The lowest BCUT2D eigenvalue weighted by molar-refractivity contribution is -0.142. The zero-order valence-corrected chi connectivity index (χ0v) is 28.2. The number of fused-ring (bicyclic) bond motifs is 1. The molecule has 11 nitrogen and oxygen atoms in total. The van der Waals surface area contributed by atoms with E-state index in [2.05, 4.69) is 28.2 Å². The fourth-order valence-electron chi connectivity index (χ4n) is 7.71. The SMILES string of the molecule is Cc1cc(C[C@@H](OC(=O)N2CCC(N3CCc4ccccc4NC3=O)CC2)C(=O)N2CCC(N3CCN(C)CC3)CC2)cc(C)c1N. The summed E-state index contributed by atoms with van der Waals surface area (Å²) in [5.41, 5.74) is 11.8. The molecule has 1 atom stereocenters. The highest BCUT2D eigenvalue weighted by Gasteiger charge is 2.36. The first-order valence-corrected chi connectivity index (χ1v) is 17.3. The van der Waals surface area contributed by atoms with Crippen molar-refractivity contribution in [2.24, 2.45) is 0 Å². The number of nitrogens with one attached hydrogen (secondary N) is 1. The van der Waals surface area contributed by atoms with Crippen LogP contribution in [0.25, 0.3) is 0 Å². The van der Waals surface area contributed by atoms with E-state index in [1.807, 2.05) is 54.0 Å². The van der Waals surface area contributed by atoms with Crippen LogP contribution in [0.5, 0.6) is 0 Å². The van der Waals surface area contributed by atoms with Crippen molar-refractivity contribution in [3.05, 3.63) is 58.7 Å². The van der Waals surface area contributed by atoms with Crippen molar-refractivity contribution < 1.29 is 19.1 Å². The third-order valence-electron chi connectivity index (χ3n) is 10.7. The molecule has 11 heteroatoms. The fraction of sp³-hybridized carbons (Fsp3) is 0.583. The summed E-state index contributed by atoms with van der Waals surface area (Å²) >= 11 is 0. The van der Waals surface area contributed by atoms with Crippen LogP contribution in [-0.2, 0) is 22.4 Å². The predicted molar refractivity (Wildman–Crippen MR) is 183 cm³/mol. The summed E-state index contributed by atoms with van der Waals surface area (Å²) in [4.78, 5) is 51.2. The van der Waals surface area contributed by atoms with Gasteiger partial charge in [-0.15, -0.1) is 0 Å². The third kappa shape index (κ3) is 7.67. The molecule has 3 fully saturated rings. The first-order valence-electron chi connectivity index (χ1n) is 17.3. The Morgan fingerprint density at radius 3 is 2.17 bits per heavy atom. The number of urea groups is 1. The van der Waals surface area contributed by atoms with Crippen molar-refractivity contribution in [1.82, 2.24) is 24.5 Å². The Bertz CT molecular complexity index is 1420. The van der Waals surface area contributed by atoms with E-state index in [0.717, 1.165) is 79.1 Å². The Hall–Kier alpha value is -3.83. The highest BCUT2D eigenvalue weighted by molar-refractivity contribution is 5.91. The van der Waals surface area contributed by atoms with Gasteiger partial charge in [0.05, 0.1) is 0 Å². The minimum atomic E-state index is -0.919. The number of benzene rings is 2. The van der Waals surface area contributed by atoms with Crippen molar-refractivity contribution in [2.75, 3.05) is 77.0 Å². The van der Waals surface area contributed by atoms with Crippen molar-refractivity contribution in [3.8, 4) is 0 Å². The molecule has 0 radical (unpaired) electrons. The van der Waals surface area contributed by atoms with Gasteiger partial charge in [0, 0.05) is 88.8 Å². The molecule has 4 aliphatic rings. The van der Waals surface area contributed by atoms with Crippen molar-refractivity contribution in [1.29, 1.82) is 0 Å². The molecule has 0 spiro atoms. The highest BCUT2D eigenvalue weighted by Crippen LogP contribution is 2.26. The molecule has 47 heavy (non-hydrogen) atoms. The molecule has 0 aromatic heterocycles. The van der Waals surface area contributed by atoms with Crippen LogP contribution in [0.4, 0.5) is 21.0 Å². The number of carbonyl (C=O) groups is 3. The second-order valence-corrected chi connectivity index (χ2v) is 13.9. The van der Waals surface area contributed by atoms with Crippen molar-refractivity contribution in [2.45, 2.75) is 70.6 Å². The number of piperidine rings is 2. The Morgan fingerprint density at radius 1 is 0.872 bits per heavy atom. The summed E-state index contributed by atoms with van der Waals surface area (Å²) in [5.74, 6) is -0.127. The third-order valence-corrected chi connectivity index (χ3v) is 10.7. The first-order chi connectivity index (χ1) is 22.7. The quantitative estimate of drug-likeness (QED) is 0.461. The van der Waals surface area contributed by atoms with E-state index in [1.54, 1.807) is 4.90 Å². The molecule has 0 saturated carbocycles. The van der Waals surface area contributed by atoms with Gasteiger partial charge in [0.1, 0.15) is 0 Å². The molecule has 4 aliphatic heterocycles. The average molecular weight is 646 g/mol. The first kappa shape index (κ1) is 33.1. The van der Waals surface area contributed by atoms with E-state index in [4.69, 9.17) is 10.5 Å². The number of piperazine rings is 1. The molecule has 4 amide bonds. The van der Waals surface area contributed by atoms with Crippen LogP contribution in [0.2, 0.25) is 0 Å². The summed E-state index contributed by atoms with van der Waals surface area (Å²) < 4.78 is 6.09. The van der Waals surface area contributed by atoms with Crippen LogP contribution in [-0.4, -0.2) is 127 Å². The number of aryl methyl sites for hydroxylation is 2. The summed E-state index contributed by atoms with van der Waals surface area (Å²) in [5, 5.41) is 3.06. The lowest BCUT2D eigenvalue weighted by Crippen LogP contribution is -2.54. The zero-order chi connectivity index (χ0) is 33.1. The van der Waals surface area contributed by atoms with Gasteiger partial charge in [-0.1, -0.05) is 30.3 Å². The van der Waals surface area contributed by atoms with Crippen molar-refractivity contribution in [3.63, 3.8) is 0 Å². The van der Waals surface area contributed by atoms with Gasteiger partial charge in [-0.3, -0.25) is 9.69 Å². The summed E-state index contributed by atoms with van der Waals surface area (Å²) in [6, 6.07) is 12.3. The van der Waals surface area contributed by atoms with Crippen LogP contribution < -0.4 is 11.1 Å². The van der Waals surface area contributed by atoms with E-state index >= 15 is 0 Å². The molecule has 0 unspecified atom stereocenters. The van der Waals surface area contributed by atoms with Gasteiger partial charge in [-0.25, -0.2) is 9.59 Å². The molecule has 4 heterocycles. The molecule has 6 rings (SSSR count). The van der Waals surface area contributed by atoms with Crippen LogP contribution in [0, 0.1) is 13.8 Å². The number of nitrogens with two attached hydrogens (primary N) is 1. The minimum absolute atomic E-state index is 0.0353. The lowest BCUT2D eigenvalue weighted by Gasteiger charge is -2.42. The molecule has 254 valence electrons. The monoisotopic (exact) mass is 645 g/mol. The maximum absolute atomic E-state index is 14.0. The minimum Gasteiger partial charge on any atom is -0.436 e. The number of likely N-dealkylation sites (N-methyl/N-ethyl adjacent to an activating group) is 1. The number of nitrogens with zero attached hydrogens (tertiary/aromatic N) is 5. The summed E-state index contributed by atoms with van der Waals surface area (Å²) in [7, 11) is 2.17. The molecule has 0 bridgehead atoms. The van der Waals surface area contributed by atoms with E-state index < -0.39 is 12.2 Å². The number of rotatable bonds is 6. The Labute approximate surface area is 279 Å². The van der Waals surface area contributed by atoms with Gasteiger partial charge in [0.2, 0.25) is 0 Å². The number of ether oxygens (including phenoxy) is 1. The maximum Gasteiger partial charge on any atom is 0.410 e. The van der Waals surface area contributed by atoms with Crippen LogP contribution in [0.15, 0.2) is 36.4 Å². The van der Waals surface area contributed by atoms with Gasteiger partial charge in [0.25, 0.3) is 5.91 Å². The zero-order valence-electron chi connectivity index (χ0n) is 28.2. The standard InChI is InChI=1S/C36H51N7O4/c1-25-22-27(23-26(2)33(25)37)24-32(34(44)41-13-9-29(10-14-41)40-20-18-39(3)19-21-40)47-36(46)42-15-11-30(12-16-42)43-17-8-28-6-4-5-7-31(28)38-35(43)45/h4-7,22-23,29-30,32H,8-21,24,37H2,1-3H3,(H,38,45)/t32-/m1/s1. The lowest BCUT2D eigenvalue weighted by atomic mass is 9.98. The van der Waals surface area contributed by atoms with E-state index in [1.165, 1.54) is 0 Å². The molecule has 2 aromatic carbocycles. The van der Waals surface area contributed by atoms with E-state index in [-0.39, 0.29) is 18.0 Å². The number of para-hydroxylation sites is 1. The van der Waals surface area contributed by atoms with Gasteiger partial charge >= 0.3 is 12.1 Å². The van der Waals surface area contributed by atoms with Gasteiger partial charge in [0.15, 0.2) is 6.10 Å². The number of anilines is 2. The van der Waals surface area contributed by atoms with Gasteiger partial charge < -0.3 is 35.4 Å². The average Bonchev–Trinajstić information content (AvgIpc) is 3.25. The van der Waals surface area contributed by atoms with Crippen LogP contribution >= 0.6 is 0 Å². The second-order valence-electron chi connectivity index (χ2n) is 13.9. The second kappa shape index (κ2) is 14.5. The summed E-state index contributed by atoms with van der Waals surface area (Å²) in [6.07, 6.45) is 2.88. The smallest absolute Gasteiger partial charge is 0.410 e. The van der Waals surface area contributed by atoms with E-state index in [0.29, 0.717) is 58.0 Å². The topological polar surface area (TPSA) is 115 Å². The van der Waals surface area contributed by atoms with Crippen LogP contribution in [0.1, 0.15) is 47.9 Å². The Kier molecular flexibility index (Phi) is 10.2. The maximum atomic E-state index is 14.0. The molecule has 0 aliphatic carbocycles. The van der Waals surface area contributed by atoms with Crippen molar-refractivity contribution >= 4 is 29.4 Å². The van der Waals surface area contributed by atoms with Gasteiger partial charge in [-0.2, -0.15) is 0 Å². The molecular weight excluding hydrogens is 594 g/mol. The normalized spacial score (nSPS) is 21.2. The van der Waals surface area contributed by atoms with Crippen LogP contribution in [0.3, 0.4) is 0 Å². The highest BCUT2D eigenvalue weighted by atomic mass is 16.6. The molecule has 2 aromatic rings. The largest absolute Gasteiger partial charge is 0.436 e. The molecule has 3 saturated heterocycles. The number of likely N-dealkylation sites (tertiary alicyclic amines) is 2. The predicted octanol–water partition coefficient (Wildman–Crippen LogP) is 3.73. The molecule has 3 N–H and O–H groups in total. The summed E-state index contributed by atoms with van der Waals surface area (Å²) in [6.45, 7) is 11.1. The Morgan fingerprint density at radius 2 is 1.49 bits per heavy atom. The fourth-order valence-corrected chi connectivity index (χ4v) is 7.71. The molecular formula is C36H51N7O4. The number of amides is 4. The number of hydrogen-bond donors (Lipinski definition) is 2. The Balaban J connectivity index is 1.08.